The Labute approximate surface area is 73.7 Å². The van der Waals surface area contributed by atoms with Crippen LogP contribution in [-0.4, -0.2) is 9.55 Å². The fourth-order valence-corrected chi connectivity index (χ4v) is 1.18. The van der Waals surface area contributed by atoms with Crippen LogP contribution < -0.4 is 5.69 Å². The molecule has 62 valence electrons. The molecule has 0 amide bonds. The summed E-state index contributed by atoms with van der Waals surface area (Å²) in [5.41, 5.74) is 0.0474. The van der Waals surface area contributed by atoms with E-state index in [9.17, 15) is 4.79 Å². The summed E-state index contributed by atoms with van der Waals surface area (Å²) in [5.74, 6) is 0. The maximum absolute atomic E-state index is 11.1. The number of aromatic nitrogens is 2. The fourth-order valence-electron chi connectivity index (χ4n) is 1.18. The molecular weight excluding hydrogens is 166 g/mol. The second kappa shape index (κ2) is 2.72. The van der Waals surface area contributed by atoms with E-state index in [1.54, 1.807) is 24.4 Å². The number of benzene rings is 1. The molecule has 0 spiro atoms. The zero-order valence-electron chi connectivity index (χ0n) is 6.64. The summed E-state index contributed by atoms with van der Waals surface area (Å²) in [5, 5.41) is 9.47. The molecule has 1 aromatic heterocycles. The molecule has 0 aliphatic carbocycles. The smallest absolute Gasteiger partial charge is 0.244 e. The first-order chi connectivity index (χ1) is 6.33. The first-order valence-electron chi connectivity index (χ1n) is 3.70. The first-order valence-corrected chi connectivity index (χ1v) is 3.70. The zero-order valence-corrected chi connectivity index (χ0v) is 6.64. The predicted molar refractivity (Wildman–Crippen MR) is 47.0 cm³/mol. The first kappa shape index (κ1) is 7.50. The van der Waals surface area contributed by atoms with Crippen LogP contribution in [0.1, 0.15) is 0 Å². The number of nitriles is 1. The van der Waals surface area contributed by atoms with Crippen LogP contribution in [0.4, 0.5) is 0 Å². The van der Waals surface area contributed by atoms with Crippen molar-refractivity contribution in [1.82, 2.24) is 9.55 Å². The van der Waals surface area contributed by atoms with Gasteiger partial charge >= 0.3 is 5.69 Å². The van der Waals surface area contributed by atoms with Gasteiger partial charge in [-0.2, -0.15) is 9.83 Å². The van der Waals surface area contributed by atoms with Crippen LogP contribution in [0.15, 0.2) is 35.3 Å². The second-order valence-electron chi connectivity index (χ2n) is 2.53. The molecular formula is C9H5N3O. The van der Waals surface area contributed by atoms with E-state index < -0.39 is 5.69 Å². The third-order valence-corrected chi connectivity index (χ3v) is 1.78. The Balaban J connectivity index is 3.03. The van der Waals surface area contributed by atoms with Crippen molar-refractivity contribution in [3.05, 3.63) is 40.9 Å². The number of hydrogen-bond donors (Lipinski definition) is 0. The van der Waals surface area contributed by atoms with Crippen molar-refractivity contribution in [1.29, 1.82) is 5.26 Å². The SMILES string of the molecule is N#Cn1c(=O)ncc2ccccc21. The van der Waals surface area contributed by atoms with E-state index in [1.807, 2.05) is 6.07 Å². The quantitative estimate of drug-likeness (QED) is 0.587. The Morgan fingerprint density at radius 1 is 1.38 bits per heavy atom. The Morgan fingerprint density at radius 3 is 2.92 bits per heavy atom. The van der Waals surface area contributed by atoms with Crippen LogP contribution in [0.3, 0.4) is 0 Å². The third kappa shape index (κ3) is 1.07. The van der Waals surface area contributed by atoms with Gasteiger partial charge < -0.3 is 0 Å². The summed E-state index contributed by atoms with van der Waals surface area (Å²) in [4.78, 5) is 14.7. The van der Waals surface area contributed by atoms with Crippen LogP contribution in [0, 0.1) is 11.5 Å². The molecule has 0 unspecified atom stereocenters. The maximum atomic E-state index is 11.1. The van der Waals surface area contributed by atoms with Crippen LogP contribution in [-0.2, 0) is 0 Å². The van der Waals surface area contributed by atoms with E-state index in [0.717, 1.165) is 9.95 Å². The molecule has 4 nitrogen and oxygen atoms in total. The largest absolute Gasteiger partial charge is 0.361 e. The molecule has 0 aliphatic rings. The van der Waals surface area contributed by atoms with Crippen LogP contribution in [0.25, 0.3) is 10.9 Å². The minimum absolute atomic E-state index is 0.541. The van der Waals surface area contributed by atoms with Gasteiger partial charge in [-0.15, -0.1) is 0 Å². The third-order valence-electron chi connectivity index (χ3n) is 1.78. The van der Waals surface area contributed by atoms with Gasteiger partial charge in [-0.05, 0) is 6.07 Å². The number of hydrogen-bond acceptors (Lipinski definition) is 3. The van der Waals surface area contributed by atoms with Gasteiger partial charge in [0.1, 0.15) is 0 Å². The highest BCUT2D eigenvalue weighted by molar-refractivity contribution is 5.78. The fraction of sp³-hybridized carbons (Fsp3) is 0. The summed E-state index contributed by atoms with van der Waals surface area (Å²) >= 11 is 0. The van der Waals surface area contributed by atoms with Crippen LogP contribution >= 0.6 is 0 Å². The Morgan fingerprint density at radius 2 is 2.15 bits per heavy atom. The van der Waals surface area contributed by atoms with Gasteiger partial charge in [-0.25, -0.2) is 9.78 Å². The maximum Gasteiger partial charge on any atom is 0.361 e. The lowest BCUT2D eigenvalue weighted by atomic mass is 10.2. The van der Waals surface area contributed by atoms with E-state index in [0.29, 0.717) is 5.52 Å². The minimum Gasteiger partial charge on any atom is -0.244 e. The van der Waals surface area contributed by atoms with Gasteiger partial charge in [-0.1, -0.05) is 18.2 Å². The van der Waals surface area contributed by atoms with Gasteiger partial charge in [0.2, 0.25) is 0 Å². The van der Waals surface area contributed by atoms with Crippen molar-refractivity contribution in [3.8, 4) is 6.19 Å². The lowest BCUT2D eigenvalue weighted by Gasteiger charge is -1.98. The topological polar surface area (TPSA) is 58.7 Å². The van der Waals surface area contributed by atoms with Crippen molar-refractivity contribution in [3.63, 3.8) is 0 Å². The predicted octanol–water partition coefficient (Wildman–Crippen LogP) is 0.726. The Hall–Kier alpha value is -2.15. The van der Waals surface area contributed by atoms with Crippen molar-refractivity contribution in [2.75, 3.05) is 0 Å². The number of para-hydroxylation sites is 1. The van der Waals surface area contributed by atoms with E-state index >= 15 is 0 Å². The molecule has 0 saturated carbocycles. The summed E-state index contributed by atoms with van der Waals surface area (Å²) in [6, 6.07) is 7.11. The Bertz CT molecular complexity index is 551. The number of fused-ring (bicyclic) bond motifs is 1. The molecule has 0 bridgehead atoms. The van der Waals surface area contributed by atoms with Gasteiger partial charge in [-0.3, -0.25) is 0 Å². The van der Waals surface area contributed by atoms with Crippen molar-refractivity contribution < 1.29 is 0 Å². The average Bonchev–Trinajstić information content (AvgIpc) is 2.18. The summed E-state index contributed by atoms with van der Waals surface area (Å²) in [6.45, 7) is 0. The summed E-state index contributed by atoms with van der Waals surface area (Å²) in [7, 11) is 0. The monoisotopic (exact) mass is 171 g/mol. The molecule has 0 saturated heterocycles. The Kier molecular flexibility index (Phi) is 1.57. The highest BCUT2D eigenvalue weighted by Gasteiger charge is 2.00. The zero-order chi connectivity index (χ0) is 9.26. The summed E-state index contributed by atoms with van der Waals surface area (Å²) in [6.07, 6.45) is 3.24. The number of rotatable bonds is 0. The molecule has 0 atom stereocenters. The number of nitrogens with zero attached hydrogens (tertiary/aromatic N) is 3. The van der Waals surface area contributed by atoms with E-state index in [-0.39, 0.29) is 0 Å². The van der Waals surface area contributed by atoms with Crippen LogP contribution in [0.2, 0.25) is 0 Å². The lowest BCUT2D eigenvalue weighted by molar-refractivity contribution is 0.975. The minimum atomic E-state index is -0.541. The van der Waals surface area contributed by atoms with E-state index in [2.05, 4.69) is 4.98 Å². The van der Waals surface area contributed by atoms with Crippen molar-refractivity contribution in [2.24, 2.45) is 0 Å². The molecule has 4 heteroatoms. The lowest BCUT2D eigenvalue weighted by Crippen LogP contribution is -2.19. The van der Waals surface area contributed by atoms with Gasteiger partial charge in [0.15, 0.2) is 6.19 Å². The standard InChI is InChI=1S/C9H5N3O/c10-6-12-8-4-2-1-3-7(8)5-11-9(12)13/h1-5H. The van der Waals surface area contributed by atoms with Gasteiger partial charge in [0.05, 0.1) is 5.52 Å². The molecule has 1 heterocycles. The molecule has 0 fully saturated rings. The van der Waals surface area contributed by atoms with Gasteiger partial charge in [0, 0.05) is 11.6 Å². The molecule has 0 radical (unpaired) electrons. The molecule has 1 aromatic carbocycles. The molecule has 13 heavy (non-hydrogen) atoms. The highest BCUT2D eigenvalue weighted by atomic mass is 16.1. The highest BCUT2D eigenvalue weighted by Crippen LogP contribution is 2.08. The van der Waals surface area contributed by atoms with Crippen LogP contribution in [0.5, 0.6) is 0 Å². The normalized spacial score (nSPS) is 9.77. The van der Waals surface area contributed by atoms with Crippen molar-refractivity contribution >= 4 is 10.9 Å². The molecule has 0 N–H and O–H groups in total. The molecule has 2 aromatic rings. The van der Waals surface area contributed by atoms with E-state index in [4.69, 9.17) is 5.26 Å². The molecule has 2 rings (SSSR count). The van der Waals surface area contributed by atoms with Crippen molar-refractivity contribution in [2.45, 2.75) is 0 Å². The van der Waals surface area contributed by atoms with E-state index in [1.165, 1.54) is 6.20 Å². The summed E-state index contributed by atoms with van der Waals surface area (Å²) < 4.78 is 0.968. The second-order valence-corrected chi connectivity index (χ2v) is 2.53. The molecule has 0 aliphatic heterocycles. The average molecular weight is 171 g/mol. The van der Waals surface area contributed by atoms with Gasteiger partial charge in [0.25, 0.3) is 0 Å².